The van der Waals surface area contributed by atoms with Gasteiger partial charge < -0.3 is 4.42 Å². The largest absolute Gasteiger partial charge is 0.437 e. The van der Waals surface area contributed by atoms with E-state index in [1.54, 1.807) is 0 Å². The number of para-hydroxylation sites is 2. The van der Waals surface area contributed by atoms with Crippen LogP contribution in [0.25, 0.3) is 83.0 Å². The number of hydrogen-bond acceptors (Lipinski definition) is 3. The van der Waals surface area contributed by atoms with Crippen LogP contribution in [-0.4, -0.2) is 14.5 Å². The van der Waals surface area contributed by atoms with Crippen LogP contribution in [0.2, 0.25) is 0 Å². The molecule has 0 saturated carbocycles. The van der Waals surface area contributed by atoms with Crippen molar-refractivity contribution in [1.29, 1.82) is 0 Å². The second kappa shape index (κ2) is 11.3. The standard InChI is InChI=1S/C51H31N3O/c1-3-17-35(18-4-1)51(36-19-5-2-6-20-36)42-24-12-9-21-37(42)38-28-27-34(30-43(38)51)48-52-49(47-40-23-11-14-26-46(40)55-50(47)53-48)54-44-25-13-10-22-39(44)41-29-32-15-7-8-16-33(32)31-45(41)54/h1-31H. The van der Waals surface area contributed by atoms with Gasteiger partial charge in [-0.1, -0.05) is 158 Å². The molecule has 55 heavy (non-hydrogen) atoms. The average molecular weight is 702 g/mol. The third-order valence-electron chi connectivity index (χ3n) is 11.7. The van der Waals surface area contributed by atoms with Crippen molar-refractivity contribution < 1.29 is 4.42 Å². The zero-order valence-corrected chi connectivity index (χ0v) is 29.6. The molecule has 0 N–H and O–H groups in total. The van der Waals surface area contributed by atoms with Crippen LogP contribution >= 0.6 is 0 Å². The lowest BCUT2D eigenvalue weighted by Crippen LogP contribution is -2.28. The minimum atomic E-state index is -0.537. The molecule has 12 rings (SSSR count). The summed E-state index contributed by atoms with van der Waals surface area (Å²) >= 11 is 0. The minimum absolute atomic E-state index is 0.537. The van der Waals surface area contributed by atoms with Gasteiger partial charge in [-0.2, -0.15) is 4.98 Å². The number of hydrogen-bond donors (Lipinski definition) is 0. The van der Waals surface area contributed by atoms with Crippen LogP contribution in [0.15, 0.2) is 192 Å². The van der Waals surface area contributed by atoms with Crippen LogP contribution in [0.1, 0.15) is 22.3 Å². The summed E-state index contributed by atoms with van der Waals surface area (Å²) in [5.74, 6) is 1.41. The third kappa shape index (κ3) is 4.16. The quantitative estimate of drug-likeness (QED) is 0.183. The summed E-state index contributed by atoms with van der Waals surface area (Å²) in [5.41, 5.74) is 11.3. The molecule has 11 aromatic rings. The predicted octanol–water partition coefficient (Wildman–Crippen LogP) is 12.7. The molecule has 0 bridgehead atoms. The van der Waals surface area contributed by atoms with Gasteiger partial charge in [-0.25, -0.2) is 4.98 Å². The second-order valence-electron chi connectivity index (χ2n) is 14.5. The van der Waals surface area contributed by atoms with Gasteiger partial charge in [-0.05, 0) is 74.5 Å². The molecular formula is C51H31N3O. The van der Waals surface area contributed by atoms with Crippen molar-refractivity contribution in [1.82, 2.24) is 14.5 Å². The highest BCUT2D eigenvalue weighted by atomic mass is 16.3. The average Bonchev–Trinajstić information content (AvgIpc) is 3.89. The van der Waals surface area contributed by atoms with E-state index in [1.165, 1.54) is 54.9 Å². The van der Waals surface area contributed by atoms with Gasteiger partial charge in [-0.3, -0.25) is 4.57 Å². The zero-order valence-electron chi connectivity index (χ0n) is 29.6. The molecule has 4 nitrogen and oxygen atoms in total. The van der Waals surface area contributed by atoms with Gasteiger partial charge in [0.15, 0.2) is 11.6 Å². The van der Waals surface area contributed by atoms with E-state index in [0.29, 0.717) is 11.5 Å². The van der Waals surface area contributed by atoms with E-state index in [-0.39, 0.29) is 0 Å². The van der Waals surface area contributed by atoms with Crippen LogP contribution in [0.4, 0.5) is 0 Å². The summed E-state index contributed by atoms with van der Waals surface area (Å²) in [6.45, 7) is 0. The molecule has 0 unspecified atom stereocenters. The number of aromatic nitrogens is 3. The van der Waals surface area contributed by atoms with Crippen molar-refractivity contribution in [2.75, 3.05) is 0 Å². The van der Waals surface area contributed by atoms with E-state index in [4.69, 9.17) is 14.4 Å². The Morgan fingerprint density at radius 1 is 0.455 bits per heavy atom. The van der Waals surface area contributed by atoms with E-state index in [1.807, 2.05) is 12.1 Å². The van der Waals surface area contributed by atoms with Gasteiger partial charge in [0.2, 0.25) is 5.71 Å². The number of nitrogens with zero attached hydrogens (tertiary/aromatic N) is 3. The van der Waals surface area contributed by atoms with Crippen LogP contribution in [0.3, 0.4) is 0 Å². The van der Waals surface area contributed by atoms with Gasteiger partial charge in [0.05, 0.1) is 21.8 Å². The molecule has 4 heteroatoms. The fraction of sp³-hybridized carbons (Fsp3) is 0.0196. The summed E-state index contributed by atoms with van der Waals surface area (Å²) in [4.78, 5) is 10.8. The SMILES string of the molecule is c1ccc(C2(c3ccccc3)c3ccccc3-c3ccc(-c4nc(-n5c6ccccc6c6cc7ccccc7cc65)c5c(n4)oc4ccccc45)cc32)cc1. The maximum absolute atomic E-state index is 6.61. The third-order valence-corrected chi connectivity index (χ3v) is 11.7. The van der Waals surface area contributed by atoms with Crippen LogP contribution < -0.4 is 0 Å². The highest BCUT2D eigenvalue weighted by Gasteiger charge is 2.46. The van der Waals surface area contributed by atoms with Crippen molar-refractivity contribution in [3.63, 3.8) is 0 Å². The topological polar surface area (TPSA) is 43.9 Å². The smallest absolute Gasteiger partial charge is 0.233 e. The number of furan rings is 1. The van der Waals surface area contributed by atoms with Crippen molar-refractivity contribution in [2.24, 2.45) is 0 Å². The van der Waals surface area contributed by atoms with Gasteiger partial charge in [-0.15, -0.1) is 0 Å². The van der Waals surface area contributed by atoms with E-state index in [9.17, 15) is 0 Å². The summed E-state index contributed by atoms with van der Waals surface area (Å²) in [7, 11) is 0. The first-order valence-electron chi connectivity index (χ1n) is 18.7. The zero-order chi connectivity index (χ0) is 36.1. The van der Waals surface area contributed by atoms with Crippen LogP contribution in [-0.2, 0) is 5.41 Å². The lowest BCUT2D eigenvalue weighted by atomic mass is 9.67. The molecule has 0 saturated heterocycles. The Hall–Kier alpha value is -7.30. The molecule has 3 heterocycles. The Labute approximate surface area is 316 Å². The maximum Gasteiger partial charge on any atom is 0.233 e. The fourth-order valence-electron chi connectivity index (χ4n) is 9.36. The summed E-state index contributed by atoms with van der Waals surface area (Å²) in [6.07, 6.45) is 0. The summed E-state index contributed by atoms with van der Waals surface area (Å²) in [6, 6.07) is 67.4. The Kier molecular flexibility index (Phi) is 6.23. The Morgan fingerprint density at radius 3 is 1.89 bits per heavy atom. The first-order valence-corrected chi connectivity index (χ1v) is 18.7. The minimum Gasteiger partial charge on any atom is -0.437 e. The molecule has 0 fully saturated rings. The second-order valence-corrected chi connectivity index (χ2v) is 14.5. The van der Waals surface area contributed by atoms with E-state index >= 15 is 0 Å². The molecular weight excluding hydrogens is 671 g/mol. The van der Waals surface area contributed by atoms with Gasteiger partial charge in [0.25, 0.3) is 0 Å². The van der Waals surface area contributed by atoms with E-state index in [0.717, 1.165) is 38.8 Å². The fourth-order valence-corrected chi connectivity index (χ4v) is 9.36. The van der Waals surface area contributed by atoms with Crippen molar-refractivity contribution in [3.05, 3.63) is 210 Å². The Bertz CT molecular complexity index is 3280. The molecule has 1 aliphatic rings. The number of benzene rings is 8. The van der Waals surface area contributed by atoms with Crippen LogP contribution in [0, 0.1) is 0 Å². The van der Waals surface area contributed by atoms with Crippen molar-refractivity contribution >= 4 is 54.6 Å². The monoisotopic (exact) mass is 701 g/mol. The van der Waals surface area contributed by atoms with Crippen LogP contribution in [0.5, 0.6) is 0 Å². The molecule has 0 amide bonds. The summed E-state index contributed by atoms with van der Waals surface area (Å²) in [5, 5.41) is 6.63. The maximum atomic E-state index is 6.61. The van der Waals surface area contributed by atoms with E-state index in [2.05, 4.69) is 180 Å². The van der Waals surface area contributed by atoms with Crippen molar-refractivity contribution in [2.45, 2.75) is 5.41 Å². The molecule has 3 aromatic heterocycles. The Morgan fingerprint density at radius 2 is 1.09 bits per heavy atom. The predicted molar refractivity (Wildman–Crippen MR) is 224 cm³/mol. The molecule has 256 valence electrons. The van der Waals surface area contributed by atoms with Crippen molar-refractivity contribution in [3.8, 4) is 28.3 Å². The lowest BCUT2D eigenvalue weighted by Gasteiger charge is -2.34. The molecule has 1 aliphatic carbocycles. The molecule has 8 aromatic carbocycles. The first kappa shape index (κ1) is 30.2. The Balaban J connectivity index is 1.18. The van der Waals surface area contributed by atoms with Gasteiger partial charge in [0.1, 0.15) is 5.58 Å². The molecule has 0 aliphatic heterocycles. The number of rotatable bonds is 4. The highest BCUT2D eigenvalue weighted by Crippen LogP contribution is 2.56. The highest BCUT2D eigenvalue weighted by molar-refractivity contribution is 6.16. The van der Waals surface area contributed by atoms with Gasteiger partial charge >= 0.3 is 0 Å². The molecule has 0 spiro atoms. The molecule has 0 atom stereocenters. The van der Waals surface area contributed by atoms with Gasteiger partial charge in [0, 0.05) is 21.7 Å². The normalized spacial score (nSPS) is 13.2. The molecule has 0 radical (unpaired) electrons. The number of fused-ring (bicyclic) bond motifs is 10. The first-order chi connectivity index (χ1) is 27.3. The summed E-state index contributed by atoms with van der Waals surface area (Å²) < 4.78 is 8.92. The lowest BCUT2D eigenvalue weighted by molar-refractivity contribution is 0.653. The van der Waals surface area contributed by atoms with E-state index < -0.39 is 5.41 Å².